The lowest BCUT2D eigenvalue weighted by Gasteiger charge is -2.12. The largest absolute Gasteiger partial charge is 0.396 e. The molecule has 0 bridgehead atoms. The molecule has 4 N–H and O–H groups in total. The summed E-state index contributed by atoms with van der Waals surface area (Å²) in [5, 5.41) is 8.94. The van der Waals surface area contributed by atoms with Gasteiger partial charge in [0.05, 0.1) is 17.2 Å². The number of nitrogens with one attached hydrogen (secondary N) is 1. The maximum atomic E-state index is 13.3. The summed E-state index contributed by atoms with van der Waals surface area (Å²) in [6.45, 7) is 1.37. The van der Waals surface area contributed by atoms with E-state index in [1.54, 1.807) is 12.1 Å². The number of rotatable bonds is 4. The van der Waals surface area contributed by atoms with Crippen molar-refractivity contribution >= 4 is 21.4 Å². The molecule has 21 heavy (non-hydrogen) atoms. The zero-order chi connectivity index (χ0) is 15.6. The van der Waals surface area contributed by atoms with Crippen LogP contribution in [0.25, 0.3) is 0 Å². The van der Waals surface area contributed by atoms with E-state index in [-0.39, 0.29) is 22.8 Å². The maximum absolute atomic E-state index is 13.3. The molecule has 0 aliphatic heterocycles. The minimum Gasteiger partial charge on any atom is -0.396 e. The van der Waals surface area contributed by atoms with Crippen molar-refractivity contribution in [1.82, 2.24) is 0 Å². The van der Waals surface area contributed by atoms with Gasteiger partial charge in [0.1, 0.15) is 5.82 Å². The summed E-state index contributed by atoms with van der Waals surface area (Å²) in [6, 6.07) is 8.44. The predicted octanol–water partition coefficient (Wildman–Crippen LogP) is 2.01. The van der Waals surface area contributed by atoms with Crippen LogP contribution >= 0.6 is 0 Å². The molecular formula is C14H15FN2O3S. The van der Waals surface area contributed by atoms with Gasteiger partial charge in [-0.3, -0.25) is 4.72 Å². The van der Waals surface area contributed by atoms with Gasteiger partial charge in [-0.1, -0.05) is 12.1 Å². The molecule has 0 unspecified atom stereocenters. The van der Waals surface area contributed by atoms with E-state index in [1.807, 2.05) is 0 Å². The lowest BCUT2D eigenvalue weighted by molar-refractivity contribution is 0.282. The second-order valence-corrected chi connectivity index (χ2v) is 6.25. The number of aryl methyl sites for hydroxylation is 1. The van der Waals surface area contributed by atoms with Crippen molar-refractivity contribution in [2.45, 2.75) is 18.4 Å². The van der Waals surface area contributed by atoms with E-state index in [0.717, 1.165) is 12.1 Å². The highest BCUT2D eigenvalue weighted by molar-refractivity contribution is 7.92. The van der Waals surface area contributed by atoms with E-state index in [1.165, 1.54) is 19.1 Å². The molecule has 0 aliphatic carbocycles. The van der Waals surface area contributed by atoms with Crippen molar-refractivity contribution in [1.29, 1.82) is 0 Å². The molecular weight excluding hydrogens is 295 g/mol. The highest BCUT2D eigenvalue weighted by Gasteiger charge is 2.19. The number of benzene rings is 2. The Kier molecular flexibility index (Phi) is 4.15. The van der Waals surface area contributed by atoms with Crippen LogP contribution in [-0.4, -0.2) is 13.5 Å². The molecule has 2 rings (SSSR count). The fourth-order valence-corrected chi connectivity index (χ4v) is 3.17. The Labute approximate surface area is 122 Å². The van der Waals surface area contributed by atoms with Crippen LogP contribution in [-0.2, 0) is 16.6 Å². The number of nitrogen functional groups attached to an aromatic ring is 1. The Morgan fingerprint density at radius 3 is 2.43 bits per heavy atom. The Morgan fingerprint density at radius 2 is 1.86 bits per heavy atom. The molecule has 112 valence electrons. The van der Waals surface area contributed by atoms with Crippen molar-refractivity contribution in [2.75, 3.05) is 10.5 Å². The lowest BCUT2D eigenvalue weighted by atomic mass is 10.2. The van der Waals surface area contributed by atoms with Crippen LogP contribution in [0.1, 0.15) is 11.1 Å². The number of nitrogens with two attached hydrogens (primary N) is 1. The molecule has 0 atom stereocenters. The molecule has 0 radical (unpaired) electrons. The molecule has 0 spiro atoms. The van der Waals surface area contributed by atoms with Gasteiger partial charge in [-0.05, 0) is 42.3 Å². The highest BCUT2D eigenvalue weighted by Crippen LogP contribution is 2.24. The van der Waals surface area contributed by atoms with Gasteiger partial charge in [-0.15, -0.1) is 0 Å². The Balaban J connectivity index is 2.35. The summed E-state index contributed by atoms with van der Waals surface area (Å²) in [5.41, 5.74) is 6.47. The van der Waals surface area contributed by atoms with Gasteiger partial charge >= 0.3 is 0 Å². The third-order valence-corrected chi connectivity index (χ3v) is 4.50. The number of aliphatic hydroxyl groups excluding tert-OH is 1. The summed E-state index contributed by atoms with van der Waals surface area (Å²) < 4.78 is 40.3. The first-order valence-corrected chi connectivity index (χ1v) is 7.60. The number of halogens is 1. The Morgan fingerprint density at radius 1 is 1.24 bits per heavy atom. The van der Waals surface area contributed by atoms with Crippen LogP contribution in [0.4, 0.5) is 15.8 Å². The average molecular weight is 310 g/mol. The molecule has 0 heterocycles. The highest BCUT2D eigenvalue weighted by atomic mass is 32.2. The molecule has 7 heteroatoms. The summed E-state index contributed by atoms with van der Waals surface area (Å²) in [6.07, 6.45) is 0. The van der Waals surface area contributed by atoms with E-state index < -0.39 is 15.8 Å². The molecule has 2 aromatic carbocycles. The second-order valence-electron chi connectivity index (χ2n) is 4.60. The fourth-order valence-electron chi connectivity index (χ4n) is 1.85. The first-order valence-electron chi connectivity index (χ1n) is 6.12. The van der Waals surface area contributed by atoms with Gasteiger partial charge in [0, 0.05) is 5.69 Å². The second kappa shape index (κ2) is 5.71. The molecule has 0 amide bonds. The van der Waals surface area contributed by atoms with Crippen LogP contribution < -0.4 is 10.5 Å². The Bertz CT molecular complexity index is 759. The van der Waals surface area contributed by atoms with Crippen molar-refractivity contribution in [3.05, 3.63) is 53.3 Å². The molecule has 0 saturated carbocycles. The fraction of sp³-hybridized carbons (Fsp3) is 0.143. The van der Waals surface area contributed by atoms with E-state index >= 15 is 0 Å². The van der Waals surface area contributed by atoms with E-state index in [4.69, 9.17) is 10.8 Å². The number of hydrogen-bond donors (Lipinski definition) is 3. The van der Waals surface area contributed by atoms with Crippen LogP contribution in [0.5, 0.6) is 0 Å². The molecule has 2 aromatic rings. The van der Waals surface area contributed by atoms with Gasteiger partial charge in [-0.2, -0.15) is 0 Å². The Hall–Kier alpha value is -2.12. The summed E-state index contributed by atoms with van der Waals surface area (Å²) in [5.74, 6) is -0.654. The summed E-state index contributed by atoms with van der Waals surface area (Å²) in [7, 11) is -3.86. The van der Waals surface area contributed by atoms with Crippen molar-refractivity contribution in [3.63, 3.8) is 0 Å². The lowest BCUT2D eigenvalue weighted by Crippen LogP contribution is -2.15. The normalized spacial score (nSPS) is 11.4. The predicted molar refractivity (Wildman–Crippen MR) is 78.7 cm³/mol. The molecule has 5 nitrogen and oxygen atoms in total. The minimum absolute atomic E-state index is 0.0763. The van der Waals surface area contributed by atoms with E-state index in [0.29, 0.717) is 11.3 Å². The first-order chi connectivity index (χ1) is 9.83. The van der Waals surface area contributed by atoms with Crippen molar-refractivity contribution < 1.29 is 17.9 Å². The molecule has 0 saturated heterocycles. The third kappa shape index (κ3) is 3.32. The first kappa shape index (κ1) is 15.3. The van der Waals surface area contributed by atoms with Crippen molar-refractivity contribution in [3.8, 4) is 0 Å². The van der Waals surface area contributed by atoms with Crippen LogP contribution in [0.2, 0.25) is 0 Å². The molecule has 0 aromatic heterocycles. The molecule has 0 aliphatic rings. The van der Waals surface area contributed by atoms with Crippen molar-refractivity contribution in [2.24, 2.45) is 0 Å². The SMILES string of the molecule is Cc1cc(F)c(N)cc1S(=O)(=O)Nc1ccc(CO)cc1. The van der Waals surface area contributed by atoms with E-state index in [9.17, 15) is 12.8 Å². The number of hydrogen-bond acceptors (Lipinski definition) is 4. The third-order valence-electron chi connectivity index (χ3n) is 2.97. The van der Waals surface area contributed by atoms with Crippen LogP contribution in [0.15, 0.2) is 41.3 Å². The van der Waals surface area contributed by atoms with Gasteiger partial charge in [-0.25, -0.2) is 12.8 Å². The topological polar surface area (TPSA) is 92.4 Å². The quantitative estimate of drug-likeness (QED) is 0.753. The minimum atomic E-state index is -3.86. The zero-order valence-electron chi connectivity index (χ0n) is 11.3. The van der Waals surface area contributed by atoms with E-state index in [2.05, 4.69) is 4.72 Å². The standard InChI is InChI=1S/C14H15FN2O3S/c1-9-6-12(15)13(16)7-14(9)21(19,20)17-11-4-2-10(8-18)3-5-11/h2-7,17-18H,8,16H2,1H3. The van der Waals surface area contributed by atoms with Gasteiger partial charge < -0.3 is 10.8 Å². The molecule has 0 fully saturated rings. The maximum Gasteiger partial charge on any atom is 0.262 e. The smallest absolute Gasteiger partial charge is 0.262 e. The number of anilines is 2. The van der Waals surface area contributed by atoms with Gasteiger partial charge in [0.15, 0.2) is 0 Å². The monoisotopic (exact) mass is 310 g/mol. The summed E-state index contributed by atoms with van der Waals surface area (Å²) >= 11 is 0. The number of sulfonamides is 1. The zero-order valence-corrected chi connectivity index (χ0v) is 12.1. The number of aliphatic hydroxyl groups is 1. The van der Waals surface area contributed by atoms with Gasteiger partial charge in [0.25, 0.3) is 10.0 Å². The average Bonchev–Trinajstić information content (AvgIpc) is 2.43. The summed E-state index contributed by atoms with van der Waals surface area (Å²) in [4.78, 5) is -0.0763. The van der Waals surface area contributed by atoms with Gasteiger partial charge in [0.2, 0.25) is 0 Å². The van der Waals surface area contributed by atoms with Crippen LogP contribution in [0, 0.1) is 12.7 Å². The van der Waals surface area contributed by atoms with Crippen LogP contribution in [0.3, 0.4) is 0 Å².